The number of ether oxygens (including phenoxy) is 3. The van der Waals surface area contributed by atoms with E-state index in [1.807, 2.05) is 24.3 Å². The zero-order valence-corrected chi connectivity index (χ0v) is 15.6. The van der Waals surface area contributed by atoms with E-state index in [9.17, 15) is 9.18 Å². The highest BCUT2D eigenvalue weighted by molar-refractivity contribution is 5.96. The molecule has 1 atom stereocenters. The molecule has 0 aliphatic carbocycles. The van der Waals surface area contributed by atoms with Gasteiger partial charge in [0.1, 0.15) is 30.9 Å². The third-order valence-corrected chi connectivity index (χ3v) is 4.50. The summed E-state index contributed by atoms with van der Waals surface area (Å²) in [7, 11) is 0. The van der Waals surface area contributed by atoms with Crippen LogP contribution in [0.1, 0.15) is 15.9 Å². The Hall–Kier alpha value is -3.54. The number of carbonyl (C=O) groups is 1. The molecule has 0 saturated heterocycles. The van der Waals surface area contributed by atoms with E-state index < -0.39 is 0 Å². The monoisotopic (exact) mass is 393 g/mol. The van der Waals surface area contributed by atoms with E-state index in [1.54, 1.807) is 36.4 Å². The van der Waals surface area contributed by atoms with E-state index in [0.717, 1.165) is 5.56 Å². The highest BCUT2D eigenvalue weighted by atomic mass is 19.1. The van der Waals surface area contributed by atoms with Gasteiger partial charge in [-0.2, -0.15) is 0 Å². The summed E-state index contributed by atoms with van der Waals surface area (Å²) in [5, 5.41) is 2.87. The molecule has 1 aliphatic heterocycles. The molecule has 1 amide bonds. The number of nitrogens with one attached hydrogen (secondary N) is 1. The summed E-state index contributed by atoms with van der Waals surface area (Å²) in [5.74, 6) is 1.27. The maximum atomic E-state index is 13.0. The van der Waals surface area contributed by atoms with Crippen LogP contribution in [0.25, 0.3) is 0 Å². The van der Waals surface area contributed by atoms with Crippen LogP contribution in [0.2, 0.25) is 0 Å². The normalized spacial score (nSPS) is 14.9. The second-order valence-electron chi connectivity index (χ2n) is 6.62. The first-order valence-electron chi connectivity index (χ1n) is 9.32. The lowest BCUT2D eigenvalue weighted by Gasteiger charge is -2.26. The van der Waals surface area contributed by atoms with Crippen molar-refractivity contribution in [1.29, 1.82) is 0 Å². The molecule has 0 saturated carbocycles. The Balaban J connectivity index is 1.36. The van der Waals surface area contributed by atoms with Crippen molar-refractivity contribution >= 4 is 5.91 Å². The largest absolute Gasteiger partial charge is 0.488 e. The maximum absolute atomic E-state index is 13.0. The van der Waals surface area contributed by atoms with Crippen molar-refractivity contribution in [2.75, 3.05) is 13.2 Å². The van der Waals surface area contributed by atoms with Gasteiger partial charge in [0.2, 0.25) is 0 Å². The zero-order valence-electron chi connectivity index (χ0n) is 15.6. The first kappa shape index (κ1) is 18.8. The molecular formula is C23H20FNO4. The molecule has 29 heavy (non-hydrogen) atoms. The lowest BCUT2D eigenvalue weighted by molar-refractivity contribution is 0.0787. The van der Waals surface area contributed by atoms with Gasteiger partial charge >= 0.3 is 0 Å². The standard InChI is InChI=1S/C23H20FNO4/c24-17-11-9-16(10-12-17)14-27-20-6-2-1-5-19(20)23(26)25-13-18-15-28-21-7-3-4-8-22(21)29-18/h1-12,18H,13-15H2,(H,25,26). The molecule has 0 spiro atoms. The SMILES string of the molecule is O=C(NCC1COc2ccccc2O1)c1ccccc1OCc1ccc(F)cc1. The van der Waals surface area contributed by atoms with Crippen LogP contribution >= 0.6 is 0 Å². The first-order valence-corrected chi connectivity index (χ1v) is 9.32. The minimum atomic E-state index is -0.301. The number of amides is 1. The van der Waals surface area contributed by atoms with Crippen molar-refractivity contribution < 1.29 is 23.4 Å². The van der Waals surface area contributed by atoms with Gasteiger partial charge in [0.15, 0.2) is 11.5 Å². The summed E-state index contributed by atoms with van der Waals surface area (Å²) in [6.07, 6.45) is -0.277. The van der Waals surface area contributed by atoms with E-state index in [2.05, 4.69) is 5.32 Å². The van der Waals surface area contributed by atoms with Gasteiger partial charge in [0, 0.05) is 0 Å². The second-order valence-corrected chi connectivity index (χ2v) is 6.62. The lowest BCUT2D eigenvalue weighted by Crippen LogP contribution is -2.40. The molecule has 0 radical (unpaired) electrons. The Kier molecular flexibility index (Phi) is 5.61. The van der Waals surface area contributed by atoms with Gasteiger partial charge in [0.25, 0.3) is 5.91 Å². The lowest BCUT2D eigenvalue weighted by atomic mass is 10.1. The quantitative estimate of drug-likeness (QED) is 0.688. The van der Waals surface area contributed by atoms with Crippen LogP contribution in [0, 0.1) is 5.82 Å². The molecule has 3 aromatic rings. The summed E-state index contributed by atoms with van der Waals surface area (Å²) in [4.78, 5) is 12.7. The average molecular weight is 393 g/mol. The van der Waals surface area contributed by atoms with Crippen molar-refractivity contribution in [3.8, 4) is 17.2 Å². The van der Waals surface area contributed by atoms with Crippen molar-refractivity contribution in [3.63, 3.8) is 0 Å². The van der Waals surface area contributed by atoms with Crippen LogP contribution in [-0.4, -0.2) is 25.2 Å². The van der Waals surface area contributed by atoms with Crippen molar-refractivity contribution in [2.45, 2.75) is 12.7 Å². The van der Waals surface area contributed by atoms with E-state index >= 15 is 0 Å². The number of carbonyl (C=O) groups excluding carboxylic acids is 1. The Morgan fingerprint density at radius 1 is 1.00 bits per heavy atom. The number of rotatable bonds is 6. The summed E-state index contributed by atoms with van der Waals surface area (Å²) in [5.41, 5.74) is 1.24. The maximum Gasteiger partial charge on any atom is 0.255 e. The van der Waals surface area contributed by atoms with E-state index in [1.165, 1.54) is 12.1 Å². The van der Waals surface area contributed by atoms with E-state index in [0.29, 0.717) is 36.0 Å². The minimum absolute atomic E-state index is 0.237. The molecule has 0 bridgehead atoms. The van der Waals surface area contributed by atoms with Gasteiger partial charge in [-0.15, -0.1) is 0 Å². The Bertz CT molecular complexity index is 990. The number of hydrogen-bond acceptors (Lipinski definition) is 4. The predicted molar refractivity (Wildman–Crippen MR) is 106 cm³/mol. The molecule has 1 N–H and O–H groups in total. The number of para-hydroxylation sites is 3. The molecule has 148 valence electrons. The van der Waals surface area contributed by atoms with E-state index in [4.69, 9.17) is 14.2 Å². The van der Waals surface area contributed by atoms with Gasteiger partial charge in [-0.3, -0.25) is 4.79 Å². The van der Waals surface area contributed by atoms with Crippen LogP contribution in [0.15, 0.2) is 72.8 Å². The third kappa shape index (κ3) is 4.66. The van der Waals surface area contributed by atoms with Gasteiger partial charge in [-0.25, -0.2) is 4.39 Å². The number of benzene rings is 3. The fourth-order valence-electron chi connectivity index (χ4n) is 2.99. The van der Waals surface area contributed by atoms with Gasteiger partial charge in [-0.05, 0) is 42.0 Å². The molecule has 1 heterocycles. The summed E-state index contributed by atoms with van der Waals surface area (Å²) < 4.78 is 30.3. The van der Waals surface area contributed by atoms with Crippen LogP contribution in [0.4, 0.5) is 4.39 Å². The first-order chi connectivity index (χ1) is 14.2. The summed E-state index contributed by atoms with van der Waals surface area (Å²) in [6.45, 7) is 0.903. The Labute approximate surface area is 168 Å². The highest BCUT2D eigenvalue weighted by Crippen LogP contribution is 2.30. The van der Waals surface area contributed by atoms with Gasteiger partial charge in [-0.1, -0.05) is 36.4 Å². The molecular weight excluding hydrogens is 373 g/mol. The molecule has 4 rings (SSSR count). The number of fused-ring (bicyclic) bond motifs is 1. The van der Waals surface area contributed by atoms with Gasteiger partial charge < -0.3 is 19.5 Å². The molecule has 0 fully saturated rings. The Morgan fingerprint density at radius 2 is 1.72 bits per heavy atom. The van der Waals surface area contributed by atoms with Crippen molar-refractivity contribution in [1.82, 2.24) is 5.32 Å². The van der Waals surface area contributed by atoms with Crippen LogP contribution in [0.5, 0.6) is 17.2 Å². The molecule has 1 aliphatic rings. The zero-order chi connectivity index (χ0) is 20.1. The third-order valence-electron chi connectivity index (χ3n) is 4.50. The summed E-state index contributed by atoms with van der Waals surface area (Å²) >= 11 is 0. The molecule has 6 heteroatoms. The smallest absolute Gasteiger partial charge is 0.255 e. The molecule has 0 aromatic heterocycles. The fourth-order valence-corrected chi connectivity index (χ4v) is 2.99. The fraction of sp³-hybridized carbons (Fsp3) is 0.174. The van der Waals surface area contributed by atoms with Crippen LogP contribution < -0.4 is 19.5 Å². The van der Waals surface area contributed by atoms with Crippen LogP contribution in [-0.2, 0) is 6.61 Å². The highest BCUT2D eigenvalue weighted by Gasteiger charge is 2.22. The minimum Gasteiger partial charge on any atom is -0.488 e. The number of hydrogen-bond donors (Lipinski definition) is 1. The Morgan fingerprint density at radius 3 is 2.55 bits per heavy atom. The van der Waals surface area contributed by atoms with Crippen LogP contribution in [0.3, 0.4) is 0 Å². The molecule has 5 nitrogen and oxygen atoms in total. The predicted octanol–water partition coefficient (Wildman–Crippen LogP) is 3.97. The molecule has 3 aromatic carbocycles. The summed E-state index contributed by atoms with van der Waals surface area (Å²) in [6, 6.07) is 20.5. The van der Waals surface area contributed by atoms with Gasteiger partial charge in [0.05, 0.1) is 12.1 Å². The second kappa shape index (κ2) is 8.65. The topological polar surface area (TPSA) is 56.8 Å². The average Bonchev–Trinajstić information content (AvgIpc) is 2.77. The molecule has 1 unspecified atom stereocenters. The van der Waals surface area contributed by atoms with E-state index in [-0.39, 0.29) is 24.4 Å². The van der Waals surface area contributed by atoms with Crippen molar-refractivity contribution in [2.24, 2.45) is 0 Å². The number of halogens is 1. The van der Waals surface area contributed by atoms with Crippen molar-refractivity contribution in [3.05, 3.63) is 89.7 Å².